The van der Waals surface area contributed by atoms with Gasteiger partial charge in [0.15, 0.2) is 6.29 Å². The maximum atomic E-state index is 11.9. The van der Waals surface area contributed by atoms with E-state index in [0.29, 0.717) is 26.0 Å². The van der Waals surface area contributed by atoms with Crippen molar-refractivity contribution in [3.63, 3.8) is 0 Å². The summed E-state index contributed by atoms with van der Waals surface area (Å²) < 4.78 is 10.0. The Morgan fingerprint density at radius 1 is 1.53 bits per heavy atom. The summed E-state index contributed by atoms with van der Waals surface area (Å²) >= 11 is 0. The van der Waals surface area contributed by atoms with E-state index in [-0.39, 0.29) is 24.3 Å². The Morgan fingerprint density at radius 2 is 2.32 bits per heavy atom. The van der Waals surface area contributed by atoms with Crippen LogP contribution in [-0.2, 0) is 23.9 Å². The summed E-state index contributed by atoms with van der Waals surface area (Å²) in [4.78, 5) is 37.3. The van der Waals surface area contributed by atoms with Crippen LogP contribution >= 0.6 is 0 Å². The van der Waals surface area contributed by atoms with Crippen LogP contribution in [-0.4, -0.2) is 67.5 Å². The minimum atomic E-state index is -0.713. The highest BCUT2D eigenvalue weighted by atomic mass is 16.5. The fraction of sp³-hybridized carbons (Fsp3) is 0.583. The molecule has 2 saturated heterocycles. The molecule has 19 heavy (non-hydrogen) atoms. The van der Waals surface area contributed by atoms with Crippen LogP contribution in [0.2, 0.25) is 0 Å². The van der Waals surface area contributed by atoms with E-state index in [0.717, 1.165) is 6.42 Å². The fourth-order valence-corrected chi connectivity index (χ4v) is 2.20. The molecule has 0 bridgehead atoms. The van der Waals surface area contributed by atoms with Gasteiger partial charge in [-0.25, -0.2) is 4.79 Å². The number of rotatable bonds is 3. The summed E-state index contributed by atoms with van der Waals surface area (Å²) in [6.07, 6.45) is 2.30. The van der Waals surface area contributed by atoms with Crippen LogP contribution in [0.4, 0.5) is 0 Å². The summed E-state index contributed by atoms with van der Waals surface area (Å²) in [6, 6.07) is 0. The Morgan fingerprint density at radius 3 is 3.00 bits per heavy atom. The second kappa shape index (κ2) is 5.83. The average molecular weight is 268 g/mol. The van der Waals surface area contributed by atoms with Gasteiger partial charge < -0.3 is 19.3 Å². The van der Waals surface area contributed by atoms with Gasteiger partial charge in [0.25, 0.3) is 0 Å². The van der Waals surface area contributed by atoms with Gasteiger partial charge in [-0.05, 0) is 6.42 Å². The van der Waals surface area contributed by atoms with E-state index in [1.54, 1.807) is 9.80 Å². The first-order chi connectivity index (χ1) is 9.15. The molecule has 0 N–H and O–H groups in total. The van der Waals surface area contributed by atoms with Crippen LogP contribution < -0.4 is 0 Å². The van der Waals surface area contributed by atoms with E-state index in [4.69, 9.17) is 4.74 Å². The molecule has 2 aliphatic rings. The molecule has 0 aromatic heterocycles. The molecule has 0 spiro atoms. The topological polar surface area (TPSA) is 76.2 Å². The number of esters is 1. The first-order valence-electron chi connectivity index (χ1n) is 6.06. The zero-order chi connectivity index (χ0) is 13.8. The summed E-state index contributed by atoms with van der Waals surface area (Å²) in [7, 11) is 1.20. The number of nitrogens with zero attached hydrogens (tertiary/aromatic N) is 2. The van der Waals surface area contributed by atoms with E-state index in [1.165, 1.54) is 13.3 Å². The number of piperazine rings is 1. The Kier molecular flexibility index (Phi) is 4.16. The molecule has 7 heteroatoms. The standard InChI is InChI=1S/C12H16N2O5/c1-18-12(17)9(8-15)5-13-6-10(16)14-3-2-4-19-11(14)7-13/h5,8,11H,2-4,6-7H2,1H3/b9-5+. The summed E-state index contributed by atoms with van der Waals surface area (Å²) in [5.41, 5.74) is -0.112. The lowest BCUT2D eigenvalue weighted by Gasteiger charge is -2.42. The normalized spacial score (nSPS) is 23.9. The van der Waals surface area contributed by atoms with E-state index < -0.39 is 5.97 Å². The summed E-state index contributed by atoms with van der Waals surface area (Å²) in [5.74, 6) is -0.781. The third-order valence-electron chi connectivity index (χ3n) is 3.12. The third-order valence-corrected chi connectivity index (χ3v) is 3.12. The molecule has 0 aromatic rings. The van der Waals surface area contributed by atoms with E-state index in [9.17, 15) is 14.4 Å². The van der Waals surface area contributed by atoms with Crippen molar-refractivity contribution in [3.8, 4) is 0 Å². The lowest BCUT2D eigenvalue weighted by atomic mass is 10.2. The largest absolute Gasteiger partial charge is 0.465 e. The molecule has 104 valence electrons. The smallest absolute Gasteiger partial charge is 0.342 e. The summed E-state index contributed by atoms with van der Waals surface area (Å²) in [6.45, 7) is 1.89. The van der Waals surface area contributed by atoms with Gasteiger partial charge in [0, 0.05) is 12.7 Å². The number of hydrogen-bond donors (Lipinski definition) is 0. The zero-order valence-electron chi connectivity index (χ0n) is 10.7. The Bertz CT molecular complexity index is 420. The number of amides is 1. The van der Waals surface area contributed by atoms with Crippen LogP contribution in [0.1, 0.15) is 6.42 Å². The minimum absolute atomic E-state index is 0.0673. The third kappa shape index (κ3) is 2.93. The van der Waals surface area contributed by atoms with Crippen molar-refractivity contribution in [1.29, 1.82) is 0 Å². The molecule has 2 aliphatic heterocycles. The van der Waals surface area contributed by atoms with Gasteiger partial charge >= 0.3 is 5.97 Å². The molecule has 0 aromatic carbocycles. The van der Waals surface area contributed by atoms with Gasteiger partial charge in [0.05, 0.1) is 26.8 Å². The van der Waals surface area contributed by atoms with Gasteiger partial charge in [-0.1, -0.05) is 0 Å². The quantitative estimate of drug-likeness (QED) is 0.218. The van der Waals surface area contributed by atoms with Gasteiger partial charge in [-0.3, -0.25) is 9.59 Å². The number of hydrogen-bond acceptors (Lipinski definition) is 6. The van der Waals surface area contributed by atoms with E-state index in [2.05, 4.69) is 4.74 Å². The molecule has 0 saturated carbocycles. The highest BCUT2D eigenvalue weighted by molar-refractivity contribution is 6.07. The number of carbonyl (C=O) groups excluding carboxylic acids is 3. The summed E-state index contributed by atoms with van der Waals surface area (Å²) in [5, 5.41) is 0. The van der Waals surface area contributed by atoms with Gasteiger partial charge in [0.2, 0.25) is 5.91 Å². The number of ether oxygens (including phenoxy) is 2. The second-order valence-electron chi connectivity index (χ2n) is 4.39. The Labute approximate surface area is 110 Å². The predicted molar refractivity (Wildman–Crippen MR) is 63.8 cm³/mol. The van der Waals surface area contributed by atoms with Gasteiger partial charge in [-0.2, -0.15) is 0 Å². The lowest BCUT2D eigenvalue weighted by molar-refractivity contribution is -0.167. The molecule has 1 amide bonds. The molecule has 1 atom stereocenters. The number of fused-ring (bicyclic) bond motifs is 1. The Balaban J connectivity index is 2.09. The second-order valence-corrected chi connectivity index (χ2v) is 4.39. The maximum Gasteiger partial charge on any atom is 0.342 e. The van der Waals surface area contributed by atoms with Crippen molar-refractivity contribution in [1.82, 2.24) is 9.80 Å². The predicted octanol–water partition coefficient (Wildman–Crippen LogP) is -0.867. The molecule has 2 fully saturated rings. The highest BCUT2D eigenvalue weighted by Crippen LogP contribution is 2.17. The van der Waals surface area contributed by atoms with Crippen molar-refractivity contribution < 1.29 is 23.9 Å². The van der Waals surface area contributed by atoms with E-state index >= 15 is 0 Å². The van der Waals surface area contributed by atoms with Crippen molar-refractivity contribution in [3.05, 3.63) is 11.8 Å². The van der Waals surface area contributed by atoms with Crippen LogP contribution in [0, 0.1) is 0 Å². The maximum absolute atomic E-state index is 11.9. The monoisotopic (exact) mass is 268 g/mol. The molecule has 7 nitrogen and oxygen atoms in total. The average Bonchev–Trinajstić information content (AvgIpc) is 2.44. The fourth-order valence-electron chi connectivity index (χ4n) is 2.20. The first-order valence-corrected chi connectivity index (χ1v) is 6.06. The van der Waals surface area contributed by atoms with Crippen molar-refractivity contribution in [2.75, 3.05) is 33.4 Å². The minimum Gasteiger partial charge on any atom is -0.465 e. The van der Waals surface area contributed by atoms with Gasteiger partial charge in [-0.15, -0.1) is 0 Å². The number of carbonyl (C=O) groups is 3. The van der Waals surface area contributed by atoms with Gasteiger partial charge in [0.1, 0.15) is 11.8 Å². The highest BCUT2D eigenvalue weighted by Gasteiger charge is 2.34. The molecule has 0 aliphatic carbocycles. The lowest BCUT2D eigenvalue weighted by Crippen LogP contribution is -2.58. The van der Waals surface area contributed by atoms with Crippen molar-refractivity contribution in [2.45, 2.75) is 12.6 Å². The molecular weight excluding hydrogens is 252 g/mol. The Hall–Kier alpha value is -1.89. The van der Waals surface area contributed by atoms with E-state index in [1.807, 2.05) is 0 Å². The van der Waals surface area contributed by atoms with Crippen molar-refractivity contribution in [2.24, 2.45) is 0 Å². The first kappa shape index (κ1) is 13.5. The van der Waals surface area contributed by atoms with Crippen molar-refractivity contribution >= 4 is 18.2 Å². The number of aldehydes is 1. The molecule has 2 heterocycles. The molecule has 0 radical (unpaired) electrons. The van der Waals surface area contributed by atoms with Crippen LogP contribution in [0.3, 0.4) is 0 Å². The number of methoxy groups -OCH3 is 1. The molecule has 2 rings (SSSR count). The van der Waals surface area contributed by atoms with Crippen LogP contribution in [0.25, 0.3) is 0 Å². The zero-order valence-corrected chi connectivity index (χ0v) is 10.7. The molecular formula is C12H16N2O5. The SMILES string of the molecule is COC(=O)/C(C=O)=C/N1CC(=O)N2CCCOC2C1. The van der Waals surface area contributed by atoms with Crippen LogP contribution in [0.15, 0.2) is 11.8 Å². The van der Waals surface area contributed by atoms with Crippen LogP contribution in [0.5, 0.6) is 0 Å². The molecule has 1 unspecified atom stereocenters.